The first-order valence-electron chi connectivity index (χ1n) is 7.04. The molecule has 1 aromatic carbocycles. The van der Waals surface area contributed by atoms with Gasteiger partial charge in [0.2, 0.25) is 5.91 Å². The molecule has 0 spiro atoms. The second-order valence-corrected chi connectivity index (χ2v) is 6.26. The Kier molecular flexibility index (Phi) is 4.12. The number of piperidine rings is 1. The molecule has 1 fully saturated rings. The van der Waals surface area contributed by atoms with Crippen LogP contribution in [0.1, 0.15) is 19.3 Å². The Labute approximate surface area is 129 Å². The molecule has 0 radical (unpaired) electrons. The lowest BCUT2D eigenvalue weighted by Gasteiger charge is -2.22. The summed E-state index contributed by atoms with van der Waals surface area (Å²) in [5.41, 5.74) is 1.82. The molecular weight excluding hydrogens is 336 g/mol. The van der Waals surface area contributed by atoms with Gasteiger partial charge in [0.15, 0.2) is 0 Å². The number of aromatic nitrogens is 2. The zero-order valence-corrected chi connectivity index (χ0v) is 13.0. The van der Waals surface area contributed by atoms with Crippen LogP contribution in [-0.4, -0.2) is 29.0 Å². The molecule has 21 heavy (non-hydrogen) atoms. The third-order valence-electron chi connectivity index (χ3n) is 3.81. The molecule has 0 atom stereocenters. The van der Waals surface area contributed by atoms with Crippen molar-refractivity contribution in [3.8, 4) is 0 Å². The highest BCUT2D eigenvalue weighted by molar-refractivity contribution is 9.10. The Hall–Kier alpha value is -1.60. The van der Waals surface area contributed by atoms with Crippen molar-refractivity contribution in [3.63, 3.8) is 0 Å². The van der Waals surface area contributed by atoms with Gasteiger partial charge in [-0.25, -0.2) is 4.79 Å². The second-order valence-electron chi connectivity index (χ2n) is 5.40. The molecule has 6 nitrogen and oxygen atoms in total. The molecule has 112 valence electrons. The number of carbonyl (C=O) groups excluding carboxylic acids is 1. The highest BCUT2D eigenvalue weighted by Gasteiger charge is 2.17. The van der Waals surface area contributed by atoms with Crippen LogP contribution in [0.25, 0.3) is 11.0 Å². The van der Waals surface area contributed by atoms with Gasteiger partial charge in [0, 0.05) is 10.9 Å². The molecule has 1 amide bonds. The average molecular weight is 353 g/mol. The van der Waals surface area contributed by atoms with E-state index in [4.69, 9.17) is 0 Å². The number of halogens is 1. The highest BCUT2D eigenvalue weighted by Crippen LogP contribution is 2.27. The van der Waals surface area contributed by atoms with E-state index in [1.807, 2.05) is 0 Å². The van der Waals surface area contributed by atoms with Crippen molar-refractivity contribution in [2.24, 2.45) is 5.92 Å². The number of imidazole rings is 1. The predicted molar refractivity (Wildman–Crippen MR) is 85.5 cm³/mol. The summed E-state index contributed by atoms with van der Waals surface area (Å²) in [4.78, 5) is 28.8. The minimum atomic E-state index is -0.255. The number of aromatic amines is 2. The van der Waals surface area contributed by atoms with Gasteiger partial charge in [-0.05, 0) is 59.9 Å². The van der Waals surface area contributed by atoms with E-state index in [0.29, 0.717) is 29.1 Å². The quantitative estimate of drug-likeness (QED) is 0.680. The molecule has 1 aliphatic heterocycles. The van der Waals surface area contributed by atoms with Gasteiger partial charge in [-0.2, -0.15) is 0 Å². The van der Waals surface area contributed by atoms with Crippen LogP contribution in [0.3, 0.4) is 0 Å². The number of rotatable bonds is 3. The number of hydrogen-bond acceptors (Lipinski definition) is 3. The minimum Gasteiger partial charge on any atom is -0.325 e. The summed E-state index contributed by atoms with van der Waals surface area (Å²) in [6.45, 7) is 1.97. The van der Waals surface area contributed by atoms with Crippen LogP contribution < -0.4 is 16.3 Å². The predicted octanol–water partition coefficient (Wildman–Crippen LogP) is 1.95. The SMILES string of the molecule is O=C(CC1CCNCC1)Nc1cc2[nH]c(=O)[nH]c2cc1Br. The van der Waals surface area contributed by atoms with Crippen molar-refractivity contribution in [1.82, 2.24) is 15.3 Å². The highest BCUT2D eigenvalue weighted by atomic mass is 79.9. The minimum absolute atomic E-state index is 0.0137. The van der Waals surface area contributed by atoms with Crippen molar-refractivity contribution in [2.75, 3.05) is 18.4 Å². The van der Waals surface area contributed by atoms with E-state index in [0.717, 1.165) is 30.4 Å². The topological polar surface area (TPSA) is 89.8 Å². The molecule has 0 saturated carbocycles. The molecule has 7 heteroatoms. The van der Waals surface area contributed by atoms with Gasteiger partial charge in [0.25, 0.3) is 0 Å². The lowest BCUT2D eigenvalue weighted by atomic mass is 9.94. The molecule has 0 unspecified atom stereocenters. The average Bonchev–Trinajstić information content (AvgIpc) is 2.79. The van der Waals surface area contributed by atoms with E-state index < -0.39 is 0 Å². The van der Waals surface area contributed by atoms with Crippen LogP contribution in [-0.2, 0) is 4.79 Å². The standard InChI is InChI=1S/C14H17BrN4O2/c15-9-6-11-12(19-14(21)18-11)7-10(9)17-13(20)5-8-1-3-16-4-2-8/h6-8,16H,1-5H2,(H,17,20)(H2,18,19,21). The maximum atomic E-state index is 12.1. The third-order valence-corrected chi connectivity index (χ3v) is 4.47. The number of hydrogen-bond donors (Lipinski definition) is 4. The normalized spacial score (nSPS) is 16.2. The molecule has 3 rings (SSSR count). The van der Waals surface area contributed by atoms with Gasteiger partial charge in [0.1, 0.15) is 0 Å². The number of fused-ring (bicyclic) bond motifs is 1. The van der Waals surface area contributed by atoms with Crippen LogP contribution in [0.2, 0.25) is 0 Å². The van der Waals surface area contributed by atoms with Crippen LogP contribution in [0.15, 0.2) is 21.4 Å². The number of H-pyrrole nitrogens is 2. The molecule has 2 aromatic rings. The fourth-order valence-electron chi connectivity index (χ4n) is 2.70. The van der Waals surface area contributed by atoms with E-state index in [1.165, 1.54) is 0 Å². The van der Waals surface area contributed by atoms with Crippen molar-refractivity contribution in [3.05, 3.63) is 27.1 Å². The summed E-state index contributed by atoms with van der Waals surface area (Å²) in [5, 5.41) is 6.21. The molecule has 0 aliphatic carbocycles. The zero-order chi connectivity index (χ0) is 14.8. The maximum absolute atomic E-state index is 12.1. The number of nitrogens with one attached hydrogen (secondary N) is 4. The molecule has 2 heterocycles. The van der Waals surface area contributed by atoms with Crippen molar-refractivity contribution in [2.45, 2.75) is 19.3 Å². The van der Waals surface area contributed by atoms with Crippen molar-refractivity contribution < 1.29 is 4.79 Å². The first kappa shape index (κ1) is 14.3. The van der Waals surface area contributed by atoms with Gasteiger partial charge < -0.3 is 20.6 Å². The lowest BCUT2D eigenvalue weighted by molar-refractivity contribution is -0.117. The summed E-state index contributed by atoms with van der Waals surface area (Å²) in [6.07, 6.45) is 2.62. The van der Waals surface area contributed by atoms with E-state index in [9.17, 15) is 9.59 Å². The summed E-state index contributed by atoms with van der Waals surface area (Å²) in [5.74, 6) is 0.459. The fraction of sp³-hybridized carbons (Fsp3) is 0.429. The monoisotopic (exact) mass is 352 g/mol. The zero-order valence-electron chi connectivity index (χ0n) is 11.5. The lowest BCUT2D eigenvalue weighted by Crippen LogP contribution is -2.30. The smallest absolute Gasteiger partial charge is 0.323 e. The summed E-state index contributed by atoms with van der Waals surface area (Å²) in [6, 6.07) is 3.55. The molecule has 1 saturated heterocycles. The Bertz CT molecular complexity index is 715. The second kappa shape index (κ2) is 6.03. The van der Waals surface area contributed by atoms with Crippen LogP contribution >= 0.6 is 15.9 Å². The Balaban J connectivity index is 1.72. The first-order chi connectivity index (χ1) is 10.1. The maximum Gasteiger partial charge on any atom is 0.323 e. The van der Waals surface area contributed by atoms with Gasteiger partial charge >= 0.3 is 5.69 Å². The van der Waals surface area contributed by atoms with Gasteiger partial charge in [-0.15, -0.1) is 0 Å². The molecule has 0 bridgehead atoms. The molecular formula is C14H17BrN4O2. The largest absolute Gasteiger partial charge is 0.325 e. The van der Waals surface area contributed by atoms with E-state index in [-0.39, 0.29) is 11.6 Å². The van der Waals surface area contributed by atoms with Gasteiger partial charge in [-0.3, -0.25) is 4.79 Å². The number of benzene rings is 1. The number of amides is 1. The van der Waals surface area contributed by atoms with Crippen molar-refractivity contribution in [1.29, 1.82) is 0 Å². The summed E-state index contributed by atoms with van der Waals surface area (Å²) >= 11 is 3.42. The van der Waals surface area contributed by atoms with Crippen LogP contribution in [0.5, 0.6) is 0 Å². The Morgan fingerprint density at radius 3 is 2.62 bits per heavy atom. The Morgan fingerprint density at radius 2 is 1.90 bits per heavy atom. The first-order valence-corrected chi connectivity index (χ1v) is 7.83. The van der Waals surface area contributed by atoms with Crippen molar-refractivity contribution >= 4 is 38.6 Å². The molecule has 4 N–H and O–H groups in total. The number of carbonyl (C=O) groups is 1. The Morgan fingerprint density at radius 1 is 1.24 bits per heavy atom. The van der Waals surface area contributed by atoms with E-state index in [2.05, 4.69) is 36.5 Å². The number of anilines is 1. The molecule has 1 aliphatic rings. The van der Waals surface area contributed by atoms with E-state index in [1.54, 1.807) is 12.1 Å². The van der Waals surface area contributed by atoms with Crippen LogP contribution in [0, 0.1) is 5.92 Å². The summed E-state index contributed by atoms with van der Waals surface area (Å²) in [7, 11) is 0. The summed E-state index contributed by atoms with van der Waals surface area (Å²) < 4.78 is 0.754. The van der Waals surface area contributed by atoms with Gasteiger partial charge in [-0.1, -0.05) is 0 Å². The fourth-order valence-corrected chi connectivity index (χ4v) is 3.14. The van der Waals surface area contributed by atoms with Crippen LogP contribution in [0.4, 0.5) is 5.69 Å². The third kappa shape index (κ3) is 3.36. The van der Waals surface area contributed by atoms with Gasteiger partial charge in [0.05, 0.1) is 16.7 Å². The molecule has 1 aromatic heterocycles. The van der Waals surface area contributed by atoms with E-state index >= 15 is 0 Å².